The number of hydrogen-bond acceptors (Lipinski definition) is 2. The van der Waals surface area contributed by atoms with Crippen molar-refractivity contribution in [3.63, 3.8) is 0 Å². The van der Waals surface area contributed by atoms with Crippen molar-refractivity contribution in [2.45, 2.75) is 19.3 Å². The van der Waals surface area contributed by atoms with E-state index in [-0.39, 0.29) is 5.41 Å². The molecule has 0 aliphatic heterocycles. The normalized spacial score (nSPS) is 13.3. The predicted molar refractivity (Wildman–Crippen MR) is 195 cm³/mol. The van der Waals surface area contributed by atoms with Gasteiger partial charge < -0.3 is 4.90 Å². The Balaban J connectivity index is 1.30. The summed E-state index contributed by atoms with van der Waals surface area (Å²) in [6.45, 7) is 4.80. The molecule has 0 spiro atoms. The van der Waals surface area contributed by atoms with E-state index >= 15 is 0 Å². The lowest BCUT2D eigenvalue weighted by Gasteiger charge is -2.28. The van der Waals surface area contributed by atoms with Crippen LogP contribution in [0.5, 0.6) is 0 Å². The van der Waals surface area contributed by atoms with Gasteiger partial charge in [-0.05, 0) is 92.7 Å². The average Bonchev–Trinajstić information content (AvgIpc) is 3.56. The van der Waals surface area contributed by atoms with Crippen LogP contribution < -0.4 is 4.90 Å². The molecule has 0 fully saturated rings. The minimum atomic E-state index is -0.166. The molecule has 0 atom stereocenters. The van der Waals surface area contributed by atoms with E-state index in [1.54, 1.807) is 0 Å². The van der Waals surface area contributed by atoms with Crippen LogP contribution in [0.1, 0.15) is 25.0 Å². The lowest BCUT2D eigenvalue weighted by Crippen LogP contribution is -2.16. The average molecular weight is 594 g/mol. The number of rotatable bonds is 4. The second-order valence-electron chi connectivity index (χ2n) is 12.6. The molecular weight excluding hydrogens is 563 g/mol. The van der Waals surface area contributed by atoms with Gasteiger partial charge in [-0.1, -0.05) is 117 Å². The first-order chi connectivity index (χ1) is 22.1. The van der Waals surface area contributed by atoms with E-state index in [9.17, 15) is 0 Å². The number of para-hydroxylation sites is 1. The SMILES string of the molecule is CC1(C)c2cc(N(c3ccccc3)c3ccc4ccccc4c3)ccc2-c2c1cc1sc3ccccc3c1c2-c1ccccc1. The van der Waals surface area contributed by atoms with Crippen LogP contribution in [0.15, 0.2) is 152 Å². The van der Waals surface area contributed by atoms with Gasteiger partial charge in [0.1, 0.15) is 0 Å². The fourth-order valence-corrected chi connectivity index (χ4v) is 8.60. The van der Waals surface area contributed by atoms with Crippen LogP contribution in [-0.4, -0.2) is 0 Å². The molecule has 0 bridgehead atoms. The molecule has 0 N–H and O–H groups in total. The summed E-state index contributed by atoms with van der Waals surface area (Å²) in [5.74, 6) is 0. The summed E-state index contributed by atoms with van der Waals surface area (Å²) >= 11 is 1.91. The Morgan fingerprint density at radius 2 is 1.16 bits per heavy atom. The van der Waals surface area contributed by atoms with Crippen molar-refractivity contribution in [2.75, 3.05) is 4.90 Å². The molecule has 0 amide bonds. The third-order valence-electron chi connectivity index (χ3n) is 9.61. The van der Waals surface area contributed by atoms with Gasteiger partial charge in [0.2, 0.25) is 0 Å². The Kier molecular flexibility index (Phi) is 5.78. The highest BCUT2D eigenvalue weighted by molar-refractivity contribution is 7.26. The Morgan fingerprint density at radius 3 is 1.98 bits per heavy atom. The summed E-state index contributed by atoms with van der Waals surface area (Å²) < 4.78 is 2.70. The van der Waals surface area contributed by atoms with Gasteiger partial charge in [-0.3, -0.25) is 0 Å². The van der Waals surface area contributed by atoms with Crippen molar-refractivity contribution in [1.29, 1.82) is 0 Å². The summed E-state index contributed by atoms with van der Waals surface area (Å²) in [7, 11) is 0. The quantitative estimate of drug-likeness (QED) is 0.196. The fourth-order valence-electron chi connectivity index (χ4n) is 7.44. The van der Waals surface area contributed by atoms with Crippen LogP contribution in [0.3, 0.4) is 0 Å². The maximum Gasteiger partial charge on any atom is 0.0468 e. The van der Waals surface area contributed by atoms with Crippen molar-refractivity contribution < 1.29 is 0 Å². The summed E-state index contributed by atoms with van der Waals surface area (Å²) in [6.07, 6.45) is 0. The zero-order valence-electron chi connectivity index (χ0n) is 25.3. The second kappa shape index (κ2) is 9.92. The first kappa shape index (κ1) is 26.2. The molecule has 45 heavy (non-hydrogen) atoms. The number of hydrogen-bond donors (Lipinski definition) is 0. The first-order valence-corrected chi connectivity index (χ1v) is 16.4. The van der Waals surface area contributed by atoms with Gasteiger partial charge in [0, 0.05) is 42.6 Å². The van der Waals surface area contributed by atoms with Crippen molar-refractivity contribution in [3.8, 4) is 22.3 Å². The standard InChI is InChI=1S/C43H31NS/c1-43(2)36-26-33(44(31-17-7-4-8-18-31)32-22-21-28-13-9-10-16-30(28)25-32)23-24-34(36)41-37(43)27-39-42(35-19-11-12-20-38(35)45-39)40(41)29-14-5-3-6-15-29/h3-27H,1-2H3. The van der Waals surface area contributed by atoms with Gasteiger partial charge >= 0.3 is 0 Å². The van der Waals surface area contributed by atoms with E-state index in [1.807, 2.05) is 11.3 Å². The molecule has 0 saturated carbocycles. The zero-order valence-corrected chi connectivity index (χ0v) is 26.1. The number of anilines is 3. The predicted octanol–water partition coefficient (Wildman–Crippen LogP) is 12.7. The van der Waals surface area contributed by atoms with E-state index in [4.69, 9.17) is 0 Å². The highest BCUT2D eigenvalue weighted by Gasteiger charge is 2.39. The maximum absolute atomic E-state index is 2.49. The maximum atomic E-state index is 2.49. The first-order valence-electron chi connectivity index (χ1n) is 15.6. The van der Waals surface area contributed by atoms with E-state index < -0.39 is 0 Å². The number of benzene rings is 7. The summed E-state index contributed by atoms with van der Waals surface area (Å²) in [6, 6.07) is 55.6. The highest BCUT2D eigenvalue weighted by atomic mass is 32.1. The van der Waals surface area contributed by atoms with Crippen molar-refractivity contribution in [2.24, 2.45) is 0 Å². The van der Waals surface area contributed by atoms with Crippen LogP contribution in [-0.2, 0) is 5.41 Å². The lowest BCUT2D eigenvalue weighted by molar-refractivity contribution is 0.661. The Morgan fingerprint density at radius 1 is 0.489 bits per heavy atom. The largest absolute Gasteiger partial charge is 0.310 e. The van der Waals surface area contributed by atoms with Crippen molar-refractivity contribution in [3.05, 3.63) is 163 Å². The van der Waals surface area contributed by atoms with E-state index in [0.717, 1.165) is 11.4 Å². The van der Waals surface area contributed by atoms with Crippen molar-refractivity contribution >= 4 is 59.3 Å². The third kappa shape index (κ3) is 3.99. The van der Waals surface area contributed by atoms with E-state index in [2.05, 4.69) is 170 Å². The molecule has 2 heteroatoms. The molecule has 0 unspecified atom stereocenters. The smallest absolute Gasteiger partial charge is 0.0468 e. The fraction of sp³-hybridized carbons (Fsp3) is 0.0698. The lowest BCUT2D eigenvalue weighted by atomic mass is 9.81. The van der Waals surface area contributed by atoms with Crippen LogP contribution in [0, 0.1) is 0 Å². The molecule has 214 valence electrons. The molecule has 9 rings (SSSR count). The second-order valence-corrected chi connectivity index (χ2v) is 13.7. The van der Waals surface area contributed by atoms with Crippen LogP contribution in [0.25, 0.3) is 53.2 Å². The minimum Gasteiger partial charge on any atom is -0.310 e. The van der Waals surface area contributed by atoms with Gasteiger partial charge in [0.05, 0.1) is 0 Å². The summed E-state index contributed by atoms with van der Waals surface area (Å²) in [5, 5.41) is 5.20. The molecular formula is C43H31NS. The van der Waals surface area contributed by atoms with Crippen LogP contribution in [0.4, 0.5) is 17.1 Å². The molecule has 1 aromatic heterocycles. The number of nitrogens with zero attached hydrogens (tertiary/aromatic N) is 1. The molecule has 7 aromatic carbocycles. The van der Waals surface area contributed by atoms with Gasteiger partial charge in [0.15, 0.2) is 0 Å². The minimum absolute atomic E-state index is 0.166. The Labute approximate surface area is 267 Å². The molecule has 1 aliphatic carbocycles. The van der Waals surface area contributed by atoms with Crippen LogP contribution >= 0.6 is 11.3 Å². The molecule has 1 heterocycles. The molecule has 8 aromatic rings. The Hall–Kier alpha value is -5.18. The summed E-state index contributed by atoms with van der Waals surface area (Å²) in [4.78, 5) is 2.40. The van der Waals surface area contributed by atoms with Gasteiger partial charge in [0.25, 0.3) is 0 Å². The number of fused-ring (bicyclic) bond motifs is 7. The third-order valence-corrected chi connectivity index (χ3v) is 10.7. The topological polar surface area (TPSA) is 3.24 Å². The molecule has 1 aliphatic rings. The van der Waals surface area contributed by atoms with Crippen molar-refractivity contribution in [1.82, 2.24) is 0 Å². The molecule has 0 saturated heterocycles. The van der Waals surface area contributed by atoms with Gasteiger partial charge in [-0.2, -0.15) is 0 Å². The number of thiophene rings is 1. The van der Waals surface area contributed by atoms with Gasteiger partial charge in [-0.25, -0.2) is 0 Å². The van der Waals surface area contributed by atoms with Gasteiger partial charge in [-0.15, -0.1) is 11.3 Å². The van der Waals surface area contributed by atoms with E-state index in [0.29, 0.717) is 0 Å². The molecule has 0 radical (unpaired) electrons. The van der Waals surface area contributed by atoms with Crippen LogP contribution in [0.2, 0.25) is 0 Å². The monoisotopic (exact) mass is 593 g/mol. The van der Waals surface area contributed by atoms with E-state index in [1.165, 1.54) is 70.0 Å². The highest BCUT2D eigenvalue weighted by Crippen LogP contribution is 2.57. The zero-order chi connectivity index (χ0) is 30.1. The Bertz CT molecular complexity index is 2400. The molecule has 1 nitrogen and oxygen atoms in total. The summed E-state index contributed by atoms with van der Waals surface area (Å²) in [5.41, 5.74) is 11.4.